The van der Waals surface area contributed by atoms with E-state index in [-0.39, 0.29) is 12.3 Å². The third kappa shape index (κ3) is 7.12. The van der Waals surface area contributed by atoms with Crippen molar-refractivity contribution in [1.82, 2.24) is 0 Å². The van der Waals surface area contributed by atoms with E-state index in [4.69, 9.17) is 0 Å². The van der Waals surface area contributed by atoms with Gasteiger partial charge in [0.1, 0.15) is 0 Å². The molecule has 31 heavy (non-hydrogen) atoms. The number of benzene rings is 2. The van der Waals surface area contributed by atoms with E-state index in [1.54, 1.807) is 4.90 Å². The summed E-state index contributed by atoms with van der Waals surface area (Å²) in [4.78, 5) is 14.9. The molecule has 0 radical (unpaired) electrons. The van der Waals surface area contributed by atoms with Crippen molar-refractivity contribution in [3.05, 3.63) is 88.5 Å². The Morgan fingerprint density at radius 1 is 1.03 bits per heavy atom. The largest absolute Gasteiger partial charge is 0.416 e. The summed E-state index contributed by atoms with van der Waals surface area (Å²) in [6.07, 6.45) is 3.11. The second kappa shape index (κ2) is 11.0. The summed E-state index contributed by atoms with van der Waals surface area (Å²) in [7, 11) is 0. The molecule has 0 aliphatic rings. The standard InChI is InChI=1S/C26H30F3NO/c1-5-7-22(8-6-2)18-25(31)30(24-14-9-19(3)20(4)17-24)16-15-21-10-12-23(13-11-21)26(27,28)29/h5,7-14,17H,6,15-16,18H2,1-4H3/b7-5-,22-8+. The van der Waals surface area contributed by atoms with Crippen molar-refractivity contribution in [2.45, 2.75) is 53.1 Å². The van der Waals surface area contributed by atoms with Crippen LogP contribution in [0.25, 0.3) is 0 Å². The van der Waals surface area contributed by atoms with Gasteiger partial charge in [0, 0.05) is 12.2 Å². The first kappa shape index (κ1) is 24.4. The topological polar surface area (TPSA) is 20.3 Å². The molecule has 0 saturated heterocycles. The summed E-state index contributed by atoms with van der Waals surface area (Å²) < 4.78 is 38.4. The lowest BCUT2D eigenvalue weighted by Gasteiger charge is -2.24. The van der Waals surface area contributed by atoms with Crippen LogP contribution in [0.5, 0.6) is 0 Å². The van der Waals surface area contributed by atoms with Crippen molar-refractivity contribution in [3.8, 4) is 0 Å². The van der Waals surface area contributed by atoms with E-state index in [0.29, 0.717) is 13.0 Å². The molecule has 2 rings (SSSR count). The van der Waals surface area contributed by atoms with Gasteiger partial charge in [0.25, 0.3) is 0 Å². The quantitative estimate of drug-likeness (QED) is 0.406. The highest BCUT2D eigenvalue weighted by atomic mass is 19.4. The number of alkyl halides is 3. The fourth-order valence-electron chi connectivity index (χ4n) is 3.34. The highest BCUT2D eigenvalue weighted by Crippen LogP contribution is 2.29. The Hall–Kier alpha value is -2.82. The number of allylic oxidation sites excluding steroid dienone is 3. The van der Waals surface area contributed by atoms with Gasteiger partial charge in [-0.1, -0.05) is 43.4 Å². The smallest absolute Gasteiger partial charge is 0.312 e. The summed E-state index contributed by atoms with van der Waals surface area (Å²) in [5.41, 5.74) is 4.07. The molecular weight excluding hydrogens is 399 g/mol. The van der Waals surface area contributed by atoms with Crippen LogP contribution in [0.15, 0.2) is 66.3 Å². The molecule has 166 valence electrons. The first-order chi connectivity index (χ1) is 14.7. The molecule has 0 aliphatic carbocycles. The van der Waals surface area contributed by atoms with Gasteiger partial charge in [0.2, 0.25) is 5.91 Å². The maximum absolute atomic E-state index is 13.2. The summed E-state index contributed by atoms with van der Waals surface area (Å²) in [6, 6.07) is 11.0. The third-order valence-electron chi connectivity index (χ3n) is 5.21. The predicted molar refractivity (Wildman–Crippen MR) is 121 cm³/mol. The molecule has 2 nitrogen and oxygen atoms in total. The number of hydrogen-bond acceptors (Lipinski definition) is 1. The SMILES string of the molecule is C/C=C\C(=C/CC)CC(=O)N(CCc1ccc(C(F)(F)F)cc1)c1ccc(C)c(C)c1. The molecule has 0 saturated carbocycles. The van der Waals surface area contributed by atoms with Gasteiger partial charge in [0.15, 0.2) is 0 Å². The van der Waals surface area contributed by atoms with Crippen LogP contribution in [0.3, 0.4) is 0 Å². The minimum atomic E-state index is -4.35. The van der Waals surface area contributed by atoms with Crippen LogP contribution in [0.2, 0.25) is 0 Å². The zero-order valence-electron chi connectivity index (χ0n) is 18.6. The number of carbonyl (C=O) groups excluding carboxylic acids is 1. The van der Waals surface area contributed by atoms with Crippen LogP contribution >= 0.6 is 0 Å². The summed E-state index contributed by atoms with van der Waals surface area (Å²) in [6.45, 7) is 8.35. The molecule has 0 atom stereocenters. The van der Waals surface area contributed by atoms with Crippen molar-refractivity contribution >= 4 is 11.6 Å². The van der Waals surface area contributed by atoms with Gasteiger partial charge < -0.3 is 4.90 Å². The van der Waals surface area contributed by atoms with Gasteiger partial charge in [-0.15, -0.1) is 0 Å². The Morgan fingerprint density at radius 2 is 1.71 bits per heavy atom. The number of halogens is 3. The van der Waals surface area contributed by atoms with Crippen molar-refractivity contribution < 1.29 is 18.0 Å². The second-order valence-electron chi connectivity index (χ2n) is 7.62. The summed E-state index contributed by atoms with van der Waals surface area (Å²) in [5, 5.41) is 0. The van der Waals surface area contributed by atoms with E-state index < -0.39 is 11.7 Å². The van der Waals surface area contributed by atoms with E-state index >= 15 is 0 Å². The number of aryl methyl sites for hydroxylation is 2. The van der Waals surface area contributed by atoms with Crippen LogP contribution in [0, 0.1) is 13.8 Å². The van der Waals surface area contributed by atoms with E-state index in [1.165, 1.54) is 12.1 Å². The maximum Gasteiger partial charge on any atom is 0.416 e. The van der Waals surface area contributed by atoms with E-state index in [9.17, 15) is 18.0 Å². The highest BCUT2D eigenvalue weighted by molar-refractivity contribution is 5.95. The van der Waals surface area contributed by atoms with Crippen molar-refractivity contribution in [3.63, 3.8) is 0 Å². The molecule has 0 fully saturated rings. The molecule has 0 heterocycles. The lowest BCUT2D eigenvalue weighted by molar-refractivity contribution is -0.137. The lowest BCUT2D eigenvalue weighted by atomic mass is 10.1. The summed E-state index contributed by atoms with van der Waals surface area (Å²) >= 11 is 0. The van der Waals surface area contributed by atoms with Gasteiger partial charge in [-0.2, -0.15) is 13.2 Å². The molecule has 0 aliphatic heterocycles. The average molecular weight is 430 g/mol. The first-order valence-corrected chi connectivity index (χ1v) is 10.5. The fourth-order valence-corrected chi connectivity index (χ4v) is 3.34. The van der Waals surface area contributed by atoms with Crippen LogP contribution in [0.4, 0.5) is 18.9 Å². The normalized spacial score (nSPS) is 12.4. The molecule has 0 bridgehead atoms. The Labute approximate surface area is 183 Å². The Kier molecular flexibility index (Phi) is 8.66. The van der Waals surface area contributed by atoms with E-state index in [0.717, 1.165) is 46.5 Å². The van der Waals surface area contributed by atoms with Crippen molar-refractivity contribution in [1.29, 1.82) is 0 Å². The molecule has 0 aromatic heterocycles. The third-order valence-corrected chi connectivity index (χ3v) is 5.21. The van der Waals surface area contributed by atoms with Gasteiger partial charge in [0.05, 0.1) is 12.0 Å². The number of rotatable bonds is 8. The van der Waals surface area contributed by atoms with Gasteiger partial charge in [-0.3, -0.25) is 4.79 Å². The number of amides is 1. The zero-order chi connectivity index (χ0) is 23.0. The monoisotopic (exact) mass is 429 g/mol. The van der Waals surface area contributed by atoms with E-state index in [2.05, 4.69) is 0 Å². The average Bonchev–Trinajstić information content (AvgIpc) is 2.71. The van der Waals surface area contributed by atoms with Crippen LogP contribution in [-0.4, -0.2) is 12.5 Å². The van der Waals surface area contributed by atoms with Crippen LogP contribution < -0.4 is 4.90 Å². The minimum Gasteiger partial charge on any atom is -0.312 e. The number of anilines is 1. The Balaban J connectivity index is 2.26. The first-order valence-electron chi connectivity index (χ1n) is 10.5. The molecular formula is C26H30F3NO. The number of carbonyl (C=O) groups is 1. The Morgan fingerprint density at radius 3 is 2.26 bits per heavy atom. The molecule has 1 amide bonds. The predicted octanol–water partition coefficient (Wildman–Crippen LogP) is 7.20. The molecule has 2 aromatic carbocycles. The molecule has 0 unspecified atom stereocenters. The number of nitrogens with zero attached hydrogens (tertiary/aromatic N) is 1. The molecule has 0 N–H and O–H groups in total. The van der Waals surface area contributed by atoms with Crippen molar-refractivity contribution in [2.75, 3.05) is 11.4 Å². The highest BCUT2D eigenvalue weighted by Gasteiger charge is 2.30. The van der Waals surface area contributed by atoms with Crippen molar-refractivity contribution in [2.24, 2.45) is 0 Å². The number of hydrogen-bond donors (Lipinski definition) is 0. The maximum atomic E-state index is 13.2. The summed E-state index contributed by atoms with van der Waals surface area (Å²) in [5.74, 6) is -0.0343. The molecule has 5 heteroatoms. The van der Waals surface area contributed by atoms with Crippen LogP contribution in [-0.2, 0) is 17.4 Å². The fraction of sp³-hybridized carbons (Fsp3) is 0.346. The second-order valence-corrected chi connectivity index (χ2v) is 7.62. The zero-order valence-corrected chi connectivity index (χ0v) is 18.6. The van der Waals surface area contributed by atoms with E-state index in [1.807, 2.05) is 64.1 Å². The molecule has 0 spiro atoms. The van der Waals surface area contributed by atoms with Gasteiger partial charge in [-0.05, 0) is 80.1 Å². The van der Waals surface area contributed by atoms with Gasteiger partial charge >= 0.3 is 6.18 Å². The Bertz CT molecular complexity index is 940. The van der Waals surface area contributed by atoms with Gasteiger partial charge in [-0.25, -0.2) is 0 Å². The minimum absolute atomic E-state index is 0.0343. The van der Waals surface area contributed by atoms with Crippen LogP contribution in [0.1, 0.15) is 48.9 Å². The lowest BCUT2D eigenvalue weighted by Crippen LogP contribution is -2.33. The molecule has 2 aromatic rings.